The maximum Gasteiger partial charge on any atom is 0.253 e. The summed E-state index contributed by atoms with van der Waals surface area (Å²) in [5, 5.41) is 7.63. The number of rotatable bonds is 6. The Morgan fingerprint density at radius 3 is 2.48 bits per heavy atom. The van der Waals surface area contributed by atoms with Crippen molar-refractivity contribution in [2.45, 2.75) is 31.7 Å². The summed E-state index contributed by atoms with van der Waals surface area (Å²) < 4.78 is 0. The van der Waals surface area contributed by atoms with Gasteiger partial charge in [-0.3, -0.25) is 4.79 Å². The molecule has 0 spiro atoms. The Morgan fingerprint density at radius 1 is 1.03 bits per heavy atom. The van der Waals surface area contributed by atoms with Crippen LogP contribution in [0.25, 0.3) is 10.9 Å². The summed E-state index contributed by atoms with van der Waals surface area (Å²) in [7, 11) is 3.99. The number of benzene rings is 2. The molecule has 4 N–H and O–H groups in total. The van der Waals surface area contributed by atoms with Crippen molar-refractivity contribution in [2.75, 3.05) is 36.6 Å². The van der Waals surface area contributed by atoms with Crippen LogP contribution in [0, 0.1) is 5.92 Å². The second-order valence-electron chi connectivity index (χ2n) is 8.44. The van der Waals surface area contributed by atoms with E-state index in [4.69, 9.17) is 10.7 Å². The molecule has 0 bridgehead atoms. The molecular formula is C24H30N6O. The molecule has 0 saturated heterocycles. The van der Waals surface area contributed by atoms with Gasteiger partial charge in [0.2, 0.25) is 5.95 Å². The monoisotopic (exact) mass is 418 g/mol. The third-order valence-corrected chi connectivity index (χ3v) is 5.94. The maximum absolute atomic E-state index is 12.5. The predicted molar refractivity (Wildman–Crippen MR) is 126 cm³/mol. The number of amides is 1. The molecule has 1 amide bonds. The minimum Gasteiger partial charge on any atom is -0.398 e. The maximum atomic E-state index is 12.5. The normalized spacial score (nSPS) is 18.5. The molecule has 1 fully saturated rings. The lowest BCUT2D eigenvalue weighted by atomic mass is 9.86. The first-order valence-electron chi connectivity index (χ1n) is 10.8. The van der Waals surface area contributed by atoms with E-state index >= 15 is 0 Å². The molecule has 3 aromatic rings. The van der Waals surface area contributed by atoms with Crippen molar-refractivity contribution in [2.24, 2.45) is 5.92 Å². The van der Waals surface area contributed by atoms with E-state index in [-0.39, 0.29) is 11.9 Å². The number of nitrogens with two attached hydrogens (primary N) is 1. The molecule has 162 valence electrons. The zero-order valence-electron chi connectivity index (χ0n) is 18.1. The van der Waals surface area contributed by atoms with Crippen LogP contribution in [0.2, 0.25) is 0 Å². The molecule has 0 aliphatic heterocycles. The Balaban J connectivity index is 1.32. The average Bonchev–Trinajstić information content (AvgIpc) is 2.78. The molecule has 31 heavy (non-hydrogen) atoms. The molecule has 0 atom stereocenters. The molecule has 1 aliphatic rings. The number of hydrogen-bond acceptors (Lipinski definition) is 6. The summed E-state index contributed by atoms with van der Waals surface area (Å²) in [5.41, 5.74) is 7.93. The van der Waals surface area contributed by atoms with Gasteiger partial charge in [0.1, 0.15) is 5.82 Å². The van der Waals surface area contributed by atoms with Crippen LogP contribution in [0.5, 0.6) is 0 Å². The van der Waals surface area contributed by atoms with E-state index in [0.717, 1.165) is 48.9 Å². The Morgan fingerprint density at radius 2 is 1.74 bits per heavy atom. The van der Waals surface area contributed by atoms with Crippen LogP contribution < -0.4 is 21.3 Å². The number of aromatic nitrogens is 2. The molecule has 4 rings (SSSR count). The summed E-state index contributed by atoms with van der Waals surface area (Å²) in [6.07, 6.45) is 4.03. The summed E-state index contributed by atoms with van der Waals surface area (Å²) in [6.45, 7) is 0.831. The van der Waals surface area contributed by atoms with Gasteiger partial charge >= 0.3 is 0 Å². The third kappa shape index (κ3) is 4.87. The van der Waals surface area contributed by atoms with E-state index in [1.165, 1.54) is 0 Å². The average molecular weight is 419 g/mol. The first-order chi connectivity index (χ1) is 15.0. The van der Waals surface area contributed by atoms with Gasteiger partial charge in [-0.15, -0.1) is 0 Å². The quantitative estimate of drug-likeness (QED) is 0.529. The molecule has 2 aromatic carbocycles. The number of para-hydroxylation sites is 2. The van der Waals surface area contributed by atoms with E-state index in [1.807, 2.05) is 55.4 Å². The van der Waals surface area contributed by atoms with Gasteiger partial charge in [-0.2, -0.15) is 4.98 Å². The van der Waals surface area contributed by atoms with Gasteiger partial charge in [-0.05, 0) is 55.9 Å². The third-order valence-electron chi connectivity index (χ3n) is 5.94. The lowest BCUT2D eigenvalue weighted by Gasteiger charge is -2.29. The number of carbonyl (C=O) groups excluding carboxylic acids is 1. The van der Waals surface area contributed by atoms with Gasteiger partial charge in [0.25, 0.3) is 5.91 Å². The van der Waals surface area contributed by atoms with E-state index in [2.05, 4.69) is 15.6 Å². The summed E-state index contributed by atoms with van der Waals surface area (Å²) in [6, 6.07) is 15.5. The van der Waals surface area contributed by atoms with E-state index in [9.17, 15) is 4.79 Å². The number of nitrogens with one attached hydrogen (secondary N) is 2. The van der Waals surface area contributed by atoms with Crippen LogP contribution >= 0.6 is 0 Å². The lowest BCUT2D eigenvalue weighted by molar-refractivity contribution is 0.0923. The first-order valence-corrected chi connectivity index (χ1v) is 10.8. The van der Waals surface area contributed by atoms with Gasteiger partial charge in [0.15, 0.2) is 0 Å². The van der Waals surface area contributed by atoms with Crippen LogP contribution in [0.15, 0.2) is 48.5 Å². The van der Waals surface area contributed by atoms with Crippen molar-refractivity contribution < 1.29 is 4.79 Å². The highest BCUT2D eigenvalue weighted by Gasteiger charge is 2.23. The number of hydrogen-bond donors (Lipinski definition) is 3. The predicted octanol–water partition coefficient (Wildman–Crippen LogP) is 3.68. The number of carbonyl (C=O) groups is 1. The SMILES string of the molecule is CN(C)c1nc(NCC2CCC(NC(=O)c3ccccc3N)CC2)nc2ccccc12. The number of fused-ring (bicyclic) bond motifs is 1. The number of anilines is 3. The van der Waals surface area contributed by atoms with Crippen LogP contribution in [-0.4, -0.2) is 42.6 Å². The smallest absolute Gasteiger partial charge is 0.253 e. The molecular weight excluding hydrogens is 388 g/mol. The van der Waals surface area contributed by atoms with Crippen molar-refractivity contribution in [3.8, 4) is 0 Å². The minimum absolute atomic E-state index is 0.0829. The Labute approximate surface area is 183 Å². The van der Waals surface area contributed by atoms with E-state index in [1.54, 1.807) is 12.1 Å². The highest BCUT2D eigenvalue weighted by atomic mass is 16.1. The van der Waals surface area contributed by atoms with Crippen LogP contribution in [-0.2, 0) is 0 Å². The van der Waals surface area contributed by atoms with Gasteiger partial charge in [-0.1, -0.05) is 24.3 Å². The number of nitrogens with zero attached hydrogens (tertiary/aromatic N) is 3. The standard InChI is InChI=1S/C24H30N6O/c1-30(2)22-19-8-4-6-10-21(19)28-24(29-22)26-15-16-11-13-17(14-12-16)27-23(31)18-7-3-5-9-20(18)25/h3-10,16-17H,11-15,25H2,1-2H3,(H,27,31)(H,26,28,29). The first kappa shape index (κ1) is 20.9. The molecule has 1 aromatic heterocycles. The van der Waals surface area contributed by atoms with Crippen LogP contribution in [0.4, 0.5) is 17.5 Å². The van der Waals surface area contributed by atoms with Crippen molar-refractivity contribution >= 4 is 34.3 Å². The van der Waals surface area contributed by atoms with Gasteiger partial charge < -0.3 is 21.3 Å². The van der Waals surface area contributed by atoms with E-state index < -0.39 is 0 Å². The Bertz CT molecular complexity index is 1060. The van der Waals surface area contributed by atoms with Gasteiger partial charge in [0, 0.05) is 37.8 Å². The number of nitrogen functional groups attached to an aromatic ring is 1. The topological polar surface area (TPSA) is 96.2 Å². The highest BCUT2D eigenvalue weighted by molar-refractivity contribution is 5.99. The second-order valence-corrected chi connectivity index (χ2v) is 8.44. The largest absolute Gasteiger partial charge is 0.398 e. The molecule has 0 unspecified atom stereocenters. The molecule has 1 saturated carbocycles. The highest BCUT2D eigenvalue weighted by Crippen LogP contribution is 2.27. The second kappa shape index (κ2) is 9.20. The fraction of sp³-hybridized carbons (Fsp3) is 0.375. The van der Waals surface area contributed by atoms with Crippen LogP contribution in [0.3, 0.4) is 0 Å². The van der Waals surface area contributed by atoms with Crippen molar-refractivity contribution in [3.63, 3.8) is 0 Å². The summed E-state index contributed by atoms with van der Waals surface area (Å²) >= 11 is 0. The Hall–Kier alpha value is -3.35. The minimum atomic E-state index is -0.0829. The zero-order valence-corrected chi connectivity index (χ0v) is 18.1. The van der Waals surface area contributed by atoms with Crippen molar-refractivity contribution in [3.05, 3.63) is 54.1 Å². The van der Waals surface area contributed by atoms with Crippen LogP contribution in [0.1, 0.15) is 36.0 Å². The van der Waals surface area contributed by atoms with Crippen molar-refractivity contribution in [1.82, 2.24) is 15.3 Å². The lowest BCUT2D eigenvalue weighted by Crippen LogP contribution is -2.38. The fourth-order valence-corrected chi connectivity index (χ4v) is 4.19. The molecule has 7 heteroatoms. The molecule has 1 heterocycles. The van der Waals surface area contributed by atoms with Crippen molar-refractivity contribution in [1.29, 1.82) is 0 Å². The molecule has 7 nitrogen and oxygen atoms in total. The van der Waals surface area contributed by atoms with Gasteiger partial charge in [0.05, 0.1) is 11.1 Å². The molecule has 1 aliphatic carbocycles. The van der Waals surface area contributed by atoms with E-state index in [0.29, 0.717) is 23.1 Å². The van der Waals surface area contributed by atoms with Gasteiger partial charge in [-0.25, -0.2) is 4.98 Å². The fourth-order valence-electron chi connectivity index (χ4n) is 4.19. The summed E-state index contributed by atoms with van der Waals surface area (Å²) in [4.78, 5) is 23.9. The zero-order chi connectivity index (χ0) is 21.8. The summed E-state index contributed by atoms with van der Waals surface area (Å²) in [5.74, 6) is 2.03. The molecule has 0 radical (unpaired) electrons. The Kier molecular flexibility index (Phi) is 6.21.